The number of hydrogen-bond acceptors (Lipinski definition) is 3. The maximum atomic E-state index is 10.3. The third-order valence-electron chi connectivity index (χ3n) is 4.66. The molecule has 29 heavy (non-hydrogen) atoms. The van der Waals surface area contributed by atoms with Gasteiger partial charge < -0.3 is 19.8 Å². The molecule has 0 spiro atoms. The molecule has 0 aromatic heterocycles. The second-order valence-electron chi connectivity index (χ2n) is 9.11. The first-order valence-corrected chi connectivity index (χ1v) is 11.5. The van der Waals surface area contributed by atoms with Crippen LogP contribution in [0.3, 0.4) is 0 Å². The van der Waals surface area contributed by atoms with Crippen molar-refractivity contribution in [1.82, 2.24) is 0 Å². The normalized spacial score (nSPS) is 12.2. The largest absolute Gasteiger partial charge is 0.481 e. The van der Waals surface area contributed by atoms with Crippen LogP contribution in [0.25, 0.3) is 0 Å². The summed E-state index contributed by atoms with van der Waals surface area (Å²) in [7, 11) is 5.72. The smallest absolute Gasteiger partial charge is 0.306 e. The van der Waals surface area contributed by atoms with Crippen LogP contribution in [-0.2, 0) is 9.59 Å². The van der Waals surface area contributed by atoms with Crippen LogP contribution in [0.5, 0.6) is 0 Å². The molecule has 0 heterocycles. The van der Waals surface area contributed by atoms with E-state index in [1.54, 1.807) is 0 Å². The fourth-order valence-electron chi connectivity index (χ4n) is 3.19. The highest BCUT2D eigenvalue weighted by Crippen LogP contribution is 2.12. The first kappa shape index (κ1) is 30.1. The predicted octanol–water partition coefficient (Wildman–Crippen LogP) is 5.08. The second kappa shape index (κ2) is 20.1. The molecule has 0 rings (SSSR count). The highest BCUT2D eigenvalue weighted by atomic mass is 16.4. The summed E-state index contributed by atoms with van der Waals surface area (Å²) < 4.78 is 0.578. The molecule has 0 saturated carbocycles. The number of quaternary nitrogens is 1. The van der Waals surface area contributed by atoms with Crippen LogP contribution in [0.2, 0.25) is 0 Å². The molecule has 6 nitrogen and oxygen atoms in total. The molecular formula is C23H48NO5+. The molecule has 0 amide bonds. The van der Waals surface area contributed by atoms with E-state index in [0.29, 0.717) is 17.4 Å². The molecule has 6 heteroatoms. The van der Waals surface area contributed by atoms with E-state index >= 15 is 0 Å². The number of carboxylic acid groups (broad SMARTS) is 2. The Kier molecular flexibility index (Phi) is 20.9. The Bertz CT molecular complexity index is 393. The topological polar surface area (TPSA) is 94.8 Å². The van der Waals surface area contributed by atoms with Gasteiger partial charge in [0.25, 0.3) is 0 Å². The third kappa shape index (κ3) is 31.8. The number of aliphatic hydroxyl groups is 1. The van der Waals surface area contributed by atoms with E-state index in [0.717, 1.165) is 12.8 Å². The lowest BCUT2D eigenvalue weighted by atomic mass is 10.0. The van der Waals surface area contributed by atoms with Gasteiger partial charge in [0.15, 0.2) is 0 Å². The van der Waals surface area contributed by atoms with Crippen molar-refractivity contribution >= 4 is 11.9 Å². The number of carboxylic acids is 2. The van der Waals surface area contributed by atoms with E-state index in [9.17, 15) is 9.59 Å². The first-order valence-electron chi connectivity index (χ1n) is 11.5. The fraction of sp³-hybridized carbons (Fsp3) is 0.913. The lowest BCUT2D eigenvalue weighted by Gasteiger charge is -2.25. The summed E-state index contributed by atoms with van der Waals surface area (Å²) in [4.78, 5) is 20.4. The summed E-state index contributed by atoms with van der Waals surface area (Å²) in [5, 5.41) is 26.0. The predicted molar refractivity (Wildman–Crippen MR) is 119 cm³/mol. The Hall–Kier alpha value is -1.14. The van der Waals surface area contributed by atoms with Crippen LogP contribution in [0.15, 0.2) is 0 Å². The van der Waals surface area contributed by atoms with E-state index in [-0.39, 0.29) is 6.42 Å². The van der Waals surface area contributed by atoms with E-state index in [4.69, 9.17) is 15.3 Å². The van der Waals surface area contributed by atoms with Crippen molar-refractivity contribution in [3.63, 3.8) is 0 Å². The maximum Gasteiger partial charge on any atom is 0.306 e. The van der Waals surface area contributed by atoms with Gasteiger partial charge in [-0.2, -0.15) is 0 Å². The second-order valence-corrected chi connectivity index (χ2v) is 9.11. The lowest BCUT2D eigenvalue weighted by Crippen LogP contribution is -2.42. The monoisotopic (exact) mass is 418 g/mol. The number of unbranched alkanes of at least 4 members (excludes halogenated alkanes) is 12. The molecule has 0 fully saturated rings. The van der Waals surface area contributed by atoms with Crippen LogP contribution >= 0.6 is 0 Å². The van der Waals surface area contributed by atoms with Gasteiger partial charge in [0, 0.05) is 6.42 Å². The molecule has 0 aromatic rings. The zero-order chi connectivity index (χ0) is 22.5. The van der Waals surface area contributed by atoms with Gasteiger partial charge in [-0.1, -0.05) is 84.0 Å². The summed E-state index contributed by atoms with van der Waals surface area (Å²) in [5.74, 6) is -1.61. The molecule has 0 aromatic carbocycles. The molecule has 0 saturated heterocycles. The summed E-state index contributed by atoms with van der Waals surface area (Å²) in [5.41, 5.74) is 0. The third-order valence-corrected chi connectivity index (χ3v) is 4.66. The zero-order valence-electron chi connectivity index (χ0n) is 19.5. The number of aliphatic carboxylic acids is 2. The Labute approximate surface area is 178 Å². The van der Waals surface area contributed by atoms with Crippen LogP contribution in [-0.4, -0.2) is 65.5 Å². The number of nitrogens with zero attached hydrogens (tertiary/aromatic N) is 1. The minimum Gasteiger partial charge on any atom is -0.481 e. The molecule has 0 unspecified atom stereocenters. The molecule has 1 atom stereocenters. The maximum absolute atomic E-state index is 10.3. The average Bonchev–Trinajstić information content (AvgIpc) is 2.57. The average molecular weight is 419 g/mol. The molecule has 3 N–H and O–H groups in total. The minimum atomic E-state index is -0.953. The molecule has 0 radical (unpaired) electrons. The number of likely N-dealkylation sites (N-methyl/N-ethyl adjacent to an activating group) is 1. The Morgan fingerprint density at radius 3 is 1.38 bits per heavy atom. The van der Waals surface area contributed by atoms with E-state index < -0.39 is 18.0 Å². The minimum absolute atomic E-state index is 0.171. The van der Waals surface area contributed by atoms with Crippen molar-refractivity contribution in [2.24, 2.45) is 0 Å². The van der Waals surface area contributed by atoms with Crippen molar-refractivity contribution in [3.8, 4) is 0 Å². The summed E-state index contributed by atoms with van der Waals surface area (Å²) in [6.07, 6.45) is 16.4. The van der Waals surface area contributed by atoms with Crippen LogP contribution in [0, 0.1) is 0 Å². The summed E-state index contributed by atoms with van der Waals surface area (Å²) in [6.45, 7) is 2.72. The van der Waals surface area contributed by atoms with Gasteiger partial charge in [-0.25, -0.2) is 0 Å². The van der Waals surface area contributed by atoms with Gasteiger partial charge in [0.05, 0.1) is 27.6 Å². The van der Waals surface area contributed by atoms with Gasteiger partial charge in [0.1, 0.15) is 12.6 Å². The van der Waals surface area contributed by atoms with Crippen molar-refractivity contribution in [2.75, 3.05) is 27.7 Å². The van der Waals surface area contributed by atoms with E-state index in [2.05, 4.69) is 6.92 Å². The van der Waals surface area contributed by atoms with Crippen LogP contribution < -0.4 is 0 Å². The molecule has 0 bridgehead atoms. The van der Waals surface area contributed by atoms with Gasteiger partial charge in [0.2, 0.25) is 0 Å². The van der Waals surface area contributed by atoms with Gasteiger partial charge >= 0.3 is 11.9 Å². The standard InChI is InChI=1S/C16H32O2.C7H15NO3/c1-2-3-4-5-6-7-8-9-10-11-12-13-14-15-16(17)18;1-8(2,3)5-6(9)4-7(10)11/h2-15H2,1H3,(H,17,18);6,9H,4-5H2,1-3H3/p+1/t;6-/m.0/s1. The fourth-order valence-corrected chi connectivity index (χ4v) is 3.19. The Morgan fingerprint density at radius 1 is 0.690 bits per heavy atom. The summed E-state index contributed by atoms with van der Waals surface area (Å²) >= 11 is 0. The van der Waals surface area contributed by atoms with E-state index in [1.807, 2.05) is 21.1 Å². The van der Waals surface area contributed by atoms with Gasteiger partial charge in [-0.05, 0) is 6.42 Å². The van der Waals surface area contributed by atoms with Crippen LogP contribution in [0.4, 0.5) is 0 Å². The number of rotatable bonds is 18. The SMILES string of the molecule is CCCCCCCCCCCCCCCC(=O)O.C[N+](C)(C)C[C@@H](O)CC(=O)O. The number of hydrogen-bond donors (Lipinski definition) is 3. The van der Waals surface area contributed by atoms with Crippen LogP contribution in [0.1, 0.15) is 103 Å². The highest BCUT2D eigenvalue weighted by molar-refractivity contribution is 5.67. The molecule has 0 aliphatic carbocycles. The first-order chi connectivity index (χ1) is 13.6. The Balaban J connectivity index is 0. The lowest BCUT2D eigenvalue weighted by molar-refractivity contribution is -0.873. The molecule has 0 aliphatic rings. The quantitative estimate of drug-likeness (QED) is 0.213. The number of carbonyl (C=O) groups is 2. The van der Waals surface area contributed by atoms with Crippen molar-refractivity contribution in [3.05, 3.63) is 0 Å². The van der Waals surface area contributed by atoms with Crippen molar-refractivity contribution in [1.29, 1.82) is 0 Å². The van der Waals surface area contributed by atoms with Gasteiger partial charge in [-0.15, -0.1) is 0 Å². The molecule has 174 valence electrons. The van der Waals surface area contributed by atoms with Crippen molar-refractivity contribution < 1.29 is 29.4 Å². The Morgan fingerprint density at radius 2 is 1.07 bits per heavy atom. The van der Waals surface area contributed by atoms with Crippen molar-refractivity contribution in [2.45, 2.75) is 109 Å². The number of aliphatic hydroxyl groups excluding tert-OH is 1. The molecular weight excluding hydrogens is 370 g/mol. The molecule has 0 aliphatic heterocycles. The zero-order valence-corrected chi connectivity index (χ0v) is 19.5. The summed E-state index contributed by atoms with van der Waals surface area (Å²) in [6, 6.07) is 0. The van der Waals surface area contributed by atoms with Gasteiger partial charge in [-0.3, -0.25) is 9.59 Å². The highest BCUT2D eigenvalue weighted by Gasteiger charge is 2.17. The van der Waals surface area contributed by atoms with E-state index in [1.165, 1.54) is 70.6 Å².